The molecule has 0 radical (unpaired) electrons. The highest BCUT2D eigenvalue weighted by molar-refractivity contribution is 7.98. The Morgan fingerprint density at radius 1 is 1.55 bits per heavy atom. The minimum Gasteiger partial charge on any atom is -0.504 e. The molecule has 0 fully saturated rings. The predicted octanol–water partition coefficient (Wildman–Crippen LogP) is 1.44. The highest BCUT2D eigenvalue weighted by Gasteiger charge is 2.18. The van der Waals surface area contributed by atoms with Gasteiger partial charge in [0, 0.05) is 13.6 Å². The van der Waals surface area contributed by atoms with Crippen molar-refractivity contribution in [3.05, 3.63) is 23.8 Å². The summed E-state index contributed by atoms with van der Waals surface area (Å²) in [6, 6.07) is 4.56. The van der Waals surface area contributed by atoms with Crippen molar-refractivity contribution >= 4 is 17.7 Å². The van der Waals surface area contributed by atoms with Crippen molar-refractivity contribution in [2.45, 2.75) is 19.0 Å². The van der Waals surface area contributed by atoms with Crippen LogP contribution in [0, 0.1) is 0 Å². The molecule has 1 aromatic carbocycles. The van der Waals surface area contributed by atoms with Crippen molar-refractivity contribution < 1.29 is 14.6 Å². The smallest absolute Gasteiger partial charge is 0.239 e. The number of carbonyl (C=O) groups is 1. The van der Waals surface area contributed by atoms with E-state index in [1.165, 1.54) is 7.11 Å². The van der Waals surface area contributed by atoms with E-state index in [0.29, 0.717) is 18.7 Å². The number of hydrogen-bond donors (Lipinski definition) is 2. The largest absolute Gasteiger partial charge is 0.504 e. The zero-order valence-electron chi connectivity index (χ0n) is 12.1. The molecule has 0 heterocycles. The molecule has 1 atom stereocenters. The van der Waals surface area contributed by atoms with Gasteiger partial charge in [0.15, 0.2) is 11.5 Å². The third-order valence-corrected chi connectivity index (χ3v) is 3.63. The number of aromatic hydroxyl groups is 1. The summed E-state index contributed by atoms with van der Waals surface area (Å²) in [7, 11) is 3.21. The highest BCUT2D eigenvalue weighted by Crippen LogP contribution is 2.26. The Balaban J connectivity index is 2.65. The number of amides is 1. The van der Waals surface area contributed by atoms with Crippen LogP contribution in [0.2, 0.25) is 0 Å². The van der Waals surface area contributed by atoms with Gasteiger partial charge < -0.3 is 20.5 Å². The van der Waals surface area contributed by atoms with Gasteiger partial charge in [-0.3, -0.25) is 4.79 Å². The zero-order valence-corrected chi connectivity index (χ0v) is 12.9. The molecule has 6 heteroatoms. The number of benzene rings is 1. The van der Waals surface area contributed by atoms with Crippen molar-refractivity contribution in [3.8, 4) is 11.5 Å². The van der Waals surface area contributed by atoms with E-state index in [9.17, 15) is 9.90 Å². The van der Waals surface area contributed by atoms with E-state index >= 15 is 0 Å². The van der Waals surface area contributed by atoms with Gasteiger partial charge >= 0.3 is 0 Å². The Morgan fingerprint density at radius 2 is 2.25 bits per heavy atom. The maximum Gasteiger partial charge on any atom is 0.239 e. The SMILES string of the molecule is COc1cc(CN(C)C(=O)[C@@H](N)CCSC)ccc1O. The van der Waals surface area contributed by atoms with Gasteiger partial charge in [-0.1, -0.05) is 6.07 Å². The average molecular weight is 298 g/mol. The van der Waals surface area contributed by atoms with Gasteiger partial charge in [-0.15, -0.1) is 0 Å². The van der Waals surface area contributed by atoms with E-state index in [1.807, 2.05) is 6.26 Å². The molecule has 112 valence electrons. The lowest BCUT2D eigenvalue weighted by atomic mass is 10.1. The lowest BCUT2D eigenvalue weighted by Gasteiger charge is -2.21. The topological polar surface area (TPSA) is 75.8 Å². The Labute approximate surface area is 124 Å². The molecule has 0 saturated heterocycles. The normalized spacial score (nSPS) is 12.0. The number of phenolic OH excluding ortho intramolecular Hbond substituents is 1. The monoisotopic (exact) mass is 298 g/mol. The second-order valence-corrected chi connectivity index (χ2v) is 5.57. The van der Waals surface area contributed by atoms with Crippen molar-refractivity contribution in [3.63, 3.8) is 0 Å². The molecule has 20 heavy (non-hydrogen) atoms. The number of nitrogens with two attached hydrogens (primary N) is 1. The summed E-state index contributed by atoms with van der Waals surface area (Å²) < 4.78 is 5.05. The molecule has 1 rings (SSSR count). The average Bonchev–Trinajstić information content (AvgIpc) is 2.45. The van der Waals surface area contributed by atoms with Crippen LogP contribution in [0.25, 0.3) is 0 Å². The van der Waals surface area contributed by atoms with E-state index in [2.05, 4.69) is 0 Å². The fourth-order valence-corrected chi connectivity index (χ4v) is 2.31. The molecule has 5 nitrogen and oxygen atoms in total. The Hall–Kier alpha value is -1.40. The van der Waals surface area contributed by atoms with Crippen molar-refractivity contribution in [1.82, 2.24) is 4.90 Å². The van der Waals surface area contributed by atoms with Crippen molar-refractivity contribution in [1.29, 1.82) is 0 Å². The lowest BCUT2D eigenvalue weighted by Crippen LogP contribution is -2.41. The molecule has 0 aliphatic rings. The summed E-state index contributed by atoms with van der Waals surface area (Å²) in [5.74, 6) is 1.27. The molecule has 0 aliphatic carbocycles. The van der Waals surface area contributed by atoms with E-state index < -0.39 is 6.04 Å². The quantitative estimate of drug-likeness (QED) is 0.796. The highest BCUT2D eigenvalue weighted by atomic mass is 32.2. The lowest BCUT2D eigenvalue weighted by molar-refractivity contribution is -0.131. The minimum atomic E-state index is -0.466. The standard InChI is InChI=1S/C14H22N2O3S/c1-16(14(18)11(15)6-7-20-3)9-10-4-5-12(17)13(8-10)19-2/h4-5,8,11,17H,6-7,9,15H2,1-3H3/t11-/m0/s1. The number of phenols is 1. The van der Waals surface area contributed by atoms with Crippen LogP contribution < -0.4 is 10.5 Å². The van der Waals surface area contributed by atoms with E-state index in [0.717, 1.165) is 11.3 Å². The van der Waals surface area contributed by atoms with Gasteiger partial charge in [0.1, 0.15) is 0 Å². The van der Waals surface area contributed by atoms with E-state index in [-0.39, 0.29) is 11.7 Å². The molecular weight excluding hydrogens is 276 g/mol. The number of hydrogen-bond acceptors (Lipinski definition) is 5. The van der Waals surface area contributed by atoms with Crippen LogP contribution in [0.5, 0.6) is 11.5 Å². The van der Waals surface area contributed by atoms with E-state index in [1.54, 1.807) is 41.9 Å². The van der Waals surface area contributed by atoms with Gasteiger partial charge in [0.25, 0.3) is 0 Å². The van der Waals surface area contributed by atoms with Crippen molar-refractivity contribution in [2.24, 2.45) is 5.73 Å². The second kappa shape index (κ2) is 8.01. The first-order valence-corrected chi connectivity index (χ1v) is 7.74. The zero-order chi connectivity index (χ0) is 15.1. The van der Waals surface area contributed by atoms with Crippen LogP contribution in [-0.4, -0.2) is 48.1 Å². The second-order valence-electron chi connectivity index (χ2n) is 4.59. The van der Waals surface area contributed by atoms with Crippen LogP contribution in [-0.2, 0) is 11.3 Å². The van der Waals surface area contributed by atoms with Crippen LogP contribution in [0.4, 0.5) is 0 Å². The van der Waals surface area contributed by atoms with Gasteiger partial charge in [0.2, 0.25) is 5.91 Å². The summed E-state index contributed by atoms with van der Waals surface area (Å²) in [6.07, 6.45) is 2.66. The number of likely N-dealkylation sites (N-methyl/N-ethyl adjacent to an activating group) is 1. The summed E-state index contributed by atoms with van der Waals surface area (Å²) >= 11 is 1.67. The molecule has 0 spiro atoms. The van der Waals surface area contributed by atoms with Gasteiger partial charge in [-0.05, 0) is 36.1 Å². The van der Waals surface area contributed by atoms with Gasteiger partial charge in [-0.25, -0.2) is 0 Å². The van der Waals surface area contributed by atoms with Gasteiger partial charge in [-0.2, -0.15) is 11.8 Å². The van der Waals surface area contributed by atoms with Crippen LogP contribution in [0.15, 0.2) is 18.2 Å². The molecule has 0 saturated carbocycles. The number of ether oxygens (including phenoxy) is 1. The maximum atomic E-state index is 12.1. The molecule has 1 amide bonds. The third-order valence-electron chi connectivity index (χ3n) is 2.99. The fraction of sp³-hybridized carbons (Fsp3) is 0.500. The number of thioether (sulfide) groups is 1. The molecule has 1 aromatic rings. The first kappa shape index (κ1) is 16.7. The summed E-state index contributed by atoms with van der Waals surface area (Å²) in [5.41, 5.74) is 6.75. The first-order chi connectivity index (χ1) is 9.49. The summed E-state index contributed by atoms with van der Waals surface area (Å²) in [6.45, 7) is 0.433. The minimum absolute atomic E-state index is 0.0777. The first-order valence-electron chi connectivity index (χ1n) is 6.35. The van der Waals surface area contributed by atoms with E-state index in [4.69, 9.17) is 10.5 Å². The van der Waals surface area contributed by atoms with Gasteiger partial charge in [0.05, 0.1) is 13.2 Å². The van der Waals surface area contributed by atoms with Crippen LogP contribution >= 0.6 is 11.8 Å². The Bertz CT molecular complexity index is 454. The van der Waals surface area contributed by atoms with Crippen LogP contribution in [0.1, 0.15) is 12.0 Å². The molecule has 0 aliphatic heterocycles. The summed E-state index contributed by atoms with van der Waals surface area (Å²) in [4.78, 5) is 13.7. The number of methoxy groups -OCH3 is 1. The van der Waals surface area contributed by atoms with Crippen LogP contribution in [0.3, 0.4) is 0 Å². The molecule has 3 N–H and O–H groups in total. The number of rotatable bonds is 7. The van der Waals surface area contributed by atoms with Crippen molar-refractivity contribution in [2.75, 3.05) is 26.2 Å². The third kappa shape index (κ3) is 4.61. The molecule has 0 bridgehead atoms. The Morgan fingerprint density at radius 3 is 2.85 bits per heavy atom. The molecule has 0 aromatic heterocycles. The Kier molecular flexibility index (Phi) is 6.67. The predicted molar refractivity (Wildman–Crippen MR) is 82.1 cm³/mol. The maximum absolute atomic E-state index is 12.1. The fourth-order valence-electron chi connectivity index (χ4n) is 1.82. The summed E-state index contributed by atoms with van der Waals surface area (Å²) in [5, 5.41) is 9.54. The molecule has 0 unspecified atom stereocenters. The number of nitrogens with zero attached hydrogens (tertiary/aromatic N) is 1. The molecular formula is C14H22N2O3S. The number of carbonyl (C=O) groups excluding carboxylic acids is 1.